The smallest absolute Gasteiger partial charge is 0.234 e. The number of carbonyl (C=O) groups excluding carboxylic acids is 2. The van der Waals surface area contributed by atoms with E-state index in [0.29, 0.717) is 25.7 Å². The van der Waals surface area contributed by atoms with Crippen LogP contribution in [0.3, 0.4) is 0 Å². The lowest BCUT2D eigenvalue weighted by Crippen LogP contribution is -2.42. The van der Waals surface area contributed by atoms with Crippen LogP contribution in [-0.2, 0) is 9.59 Å². The van der Waals surface area contributed by atoms with Crippen LogP contribution in [0, 0.1) is 17.8 Å². The van der Waals surface area contributed by atoms with Gasteiger partial charge in [0.05, 0.1) is 24.5 Å². The van der Waals surface area contributed by atoms with Gasteiger partial charge >= 0.3 is 0 Å². The molecule has 2 fully saturated rings. The Morgan fingerprint density at radius 3 is 2.46 bits per heavy atom. The molecule has 6 nitrogen and oxygen atoms in total. The molecule has 208 valence electrons. The summed E-state index contributed by atoms with van der Waals surface area (Å²) in [6.45, 7) is 3.81. The monoisotopic (exact) mass is 531 g/mol. The van der Waals surface area contributed by atoms with Gasteiger partial charge in [0.1, 0.15) is 5.75 Å². The van der Waals surface area contributed by atoms with Gasteiger partial charge < -0.3 is 15.3 Å². The molecule has 0 spiro atoms. The van der Waals surface area contributed by atoms with Crippen LogP contribution in [0.1, 0.15) is 77.2 Å². The van der Waals surface area contributed by atoms with Crippen LogP contribution in [-0.4, -0.2) is 50.8 Å². The number of benzene rings is 2. The van der Waals surface area contributed by atoms with E-state index in [1.807, 2.05) is 44.2 Å². The number of likely N-dealkylation sites (tertiary alicyclic amines) is 1. The quantitative estimate of drug-likeness (QED) is 0.298. The van der Waals surface area contributed by atoms with E-state index in [0.717, 1.165) is 65.2 Å². The number of aliphatic hydroxyl groups is 2. The lowest BCUT2D eigenvalue weighted by Gasteiger charge is -2.36. The maximum atomic E-state index is 13.6. The molecule has 5 rings (SSSR count). The van der Waals surface area contributed by atoms with E-state index >= 15 is 0 Å². The Morgan fingerprint density at radius 2 is 1.77 bits per heavy atom. The Balaban J connectivity index is 1.35. The van der Waals surface area contributed by atoms with E-state index in [1.54, 1.807) is 6.07 Å². The number of fused-ring (bicyclic) bond motifs is 2. The summed E-state index contributed by atoms with van der Waals surface area (Å²) in [6, 6.07) is 11.3. The summed E-state index contributed by atoms with van der Waals surface area (Å²) in [7, 11) is 0. The van der Waals surface area contributed by atoms with Crippen LogP contribution in [0.4, 0.5) is 0 Å². The molecule has 1 saturated heterocycles. The topological polar surface area (TPSA) is 98.1 Å². The molecular formula is C33H41NO5. The molecule has 2 aliphatic carbocycles. The van der Waals surface area contributed by atoms with Crippen molar-refractivity contribution < 1.29 is 24.9 Å². The SMILES string of the molecule is CCC1=C([C@H](O)CC/C(C)=C/c2ccc(O)c3ccccc23)[C@H](CO)[C@@H]2C(=O)N(C3CCCCC3)C(=O)[C@@H]2C1. The van der Waals surface area contributed by atoms with Crippen LogP contribution >= 0.6 is 0 Å². The van der Waals surface area contributed by atoms with Crippen molar-refractivity contribution in [1.29, 1.82) is 0 Å². The molecule has 6 heteroatoms. The fraction of sp³-hybridized carbons (Fsp3) is 0.515. The first-order valence-electron chi connectivity index (χ1n) is 14.6. The number of imide groups is 1. The molecule has 2 amide bonds. The van der Waals surface area contributed by atoms with E-state index in [-0.39, 0.29) is 30.2 Å². The molecular weight excluding hydrogens is 490 g/mol. The van der Waals surface area contributed by atoms with Gasteiger partial charge in [-0.2, -0.15) is 0 Å². The number of allylic oxidation sites excluding steroid dienone is 2. The van der Waals surface area contributed by atoms with E-state index < -0.39 is 23.9 Å². The highest BCUT2D eigenvalue weighted by molar-refractivity contribution is 6.06. The summed E-state index contributed by atoms with van der Waals surface area (Å²) < 4.78 is 0. The molecule has 2 aromatic rings. The zero-order valence-corrected chi connectivity index (χ0v) is 23.1. The number of aliphatic hydroxyl groups excluding tert-OH is 2. The van der Waals surface area contributed by atoms with E-state index in [9.17, 15) is 24.9 Å². The minimum Gasteiger partial charge on any atom is -0.507 e. The molecule has 4 atom stereocenters. The number of amides is 2. The van der Waals surface area contributed by atoms with Crippen LogP contribution in [0.25, 0.3) is 16.8 Å². The van der Waals surface area contributed by atoms with Crippen molar-refractivity contribution in [2.75, 3.05) is 6.61 Å². The standard InChI is InChI=1S/C33H41NO5/c1-3-21-18-26-31(33(39)34(32(26)38)23-9-5-4-6-10-23)27(19-35)30(21)29(37)15-13-20(2)17-22-14-16-28(36)25-12-8-7-11-24(22)25/h7-8,11-12,14,16-17,23,26-27,29,31,35-37H,3-6,9-10,13,15,18-19H2,1-2H3/b20-17+/t26-,27+,29-,31-/m1/s1. The third-order valence-corrected chi connectivity index (χ3v) is 9.29. The molecule has 0 bridgehead atoms. The Labute approximate surface area is 231 Å². The van der Waals surface area contributed by atoms with Crippen molar-refractivity contribution in [2.24, 2.45) is 17.8 Å². The number of phenols is 1. The summed E-state index contributed by atoms with van der Waals surface area (Å²) in [4.78, 5) is 28.6. The van der Waals surface area contributed by atoms with Gasteiger partial charge in [0.25, 0.3) is 0 Å². The highest BCUT2D eigenvalue weighted by Gasteiger charge is 2.56. The second-order valence-electron chi connectivity index (χ2n) is 11.6. The molecule has 0 aromatic heterocycles. The number of aromatic hydroxyl groups is 1. The van der Waals surface area contributed by atoms with E-state index in [4.69, 9.17) is 0 Å². The first-order valence-corrected chi connectivity index (χ1v) is 14.6. The zero-order valence-electron chi connectivity index (χ0n) is 23.1. The van der Waals surface area contributed by atoms with Crippen LogP contribution in [0.15, 0.2) is 53.1 Å². The fourth-order valence-corrected chi connectivity index (χ4v) is 7.31. The molecule has 2 aromatic carbocycles. The molecule has 1 saturated carbocycles. The van der Waals surface area contributed by atoms with E-state index in [2.05, 4.69) is 6.08 Å². The number of phenolic OH excluding ortho intramolecular Hbond substituents is 1. The average Bonchev–Trinajstić information content (AvgIpc) is 3.21. The highest BCUT2D eigenvalue weighted by Crippen LogP contribution is 2.48. The maximum Gasteiger partial charge on any atom is 0.234 e. The van der Waals surface area contributed by atoms with Crippen molar-refractivity contribution in [2.45, 2.75) is 83.8 Å². The maximum absolute atomic E-state index is 13.6. The lowest BCUT2D eigenvalue weighted by molar-refractivity contribution is -0.143. The third-order valence-electron chi connectivity index (χ3n) is 9.29. The molecule has 0 unspecified atom stereocenters. The third kappa shape index (κ3) is 5.17. The predicted octanol–water partition coefficient (Wildman–Crippen LogP) is 5.74. The minimum absolute atomic E-state index is 0.0223. The van der Waals surface area contributed by atoms with Crippen molar-refractivity contribution in [1.82, 2.24) is 4.90 Å². The van der Waals surface area contributed by atoms with Crippen LogP contribution in [0.5, 0.6) is 5.75 Å². The highest BCUT2D eigenvalue weighted by atomic mass is 16.3. The van der Waals surface area contributed by atoms with Crippen molar-refractivity contribution >= 4 is 28.7 Å². The average molecular weight is 532 g/mol. The minimum atomic E-state index is -0.787. The molecule has 1 aliphatic heterocycles. The van der Waals surface area contributed by atoms with Gasteiger partial charge in [0, 0.05) is 17.3 Å². The first kappa shape index (κ1) is 27.6. The van der Waals surface area contributed by atoms with Gasteiger partial charge in [-0.15, -0.1) is 0 Å². The summed E-state index contributed by atoms with van der Waals surface area (Å²) in [5, 5.41) is 33.9. The molecule has 1 heterocycles. The van der Waals surface area contributed by atoms with Crippen molar-refractivity contribution in [3.8, 4) is 5.75 Å². The van der Waals surface area contributed by atoms with Gasteiger partial charge in [0.2, 0.25) is 11.8 Å². The summed E-state index contributed by atoms with van der Waals surface area (Å²) in [5.41, 5.74) is 3.89. The largest absolute Gasteiger partial charge is 0.507 e. The first-order chi connectivity index (χ1) is 18.8. The zero-order chi connectivity index (χ0) is 27.7. The van der Waals surface area contributed by atoms with Crippen LogP contribution in [0.2, 0.25) is 0 Å². The Kier molecular flexibility index (Phi) is 8.24. The van der Waals surface area contributed by atoms with Crippen molar-refractivity contribution in [3.05, 3.63) is 58.7 Å². The predicted molar refractivity (Wildman–Crippen MR) is 153 cm³/mol. The fourth-order valence-electron chi connectivity index (χ4n) is 7.31. The normalized spacial score (nSPS) is 25.5. The number of carbonyl (C=O) groups is 2. The van der Waals surface area contributed by atoms with Gasteiger partial charge in [-0.3, -0.25) is 14.5 Å². The number of hydrogen-bond acceptors (Lipinski definition) is 5. The van der Waals surface area contributed by atoms with Crippen molar-refractivity contribution in [3.63, 3.8) is 0 Å². The van der Waals surface area contributed by atoms with Gasteiger partial charge in [-0.05, 0) is 68.0 Å². The molecule has 39 heavy (non-hydrogen) atoms. The van der Waals surface area contributed by atoms with Gasteiger partial charge in [0.15, 0.2) is 0 Å². The summed E-state index contributed by atoms with van der Waals surface area (Å²) >= 11 is 0. The van der Waals surface area contributed by atoms with E-state index in [1.165, 1.54) is 4.90 Å². The number of rotatable bonds is 8. The van der Waals surface area contributed by atoms with Gasteiger partial charge in [-0.1, -0.05) is 73.7 Å². The second-order valence-corrected chi connectivity index (χ2v) is 11.6. The molecule has 0 radical (unpaired) electrons. The van der Waals surface area contributed by atoms with Gasteiger partial charge in [-0.25, -0.2) is 0 Å². The Morgan fingerprint density at radius 1 is 1.05 bits per heavy atom. The lowest BCUT2D eigenvalue weighted by atomic mass is 9.67. The number of nitrogens with zero attached hydrogens (tertiary/aromatic N) is 1. The Bertz CT molecular complexity index is 1300. The molecule has 3 aliphatic rings. The summed E-state index contributed by atoms with van der Waals surface area (Å²) in [5.74, 6) is -1.50. The van der Waals surface area contributed by atoms with Crippen LogP contribution < -0.4 is 0 Å². The molecule has 3 N–H and O–H groups in total. The Hall–Kier alpha value is -2.96. The number of hydrogen-bond donors (Lipinski definition) is 3. The summed E-state index contributed by atoms with van der Waals surface area (Å²) in [6.07, 6.45) is 8.55. The second kappa shape index (κ2) is 11.6.